The molecule has 1 amide bonds. The minimum atomic E-state index is -0.347. The fraction of sp³-hybridized carbons (Fsp3) is 0.375. The van der Waals surface area contributed by atoms with E-state index in [0.29, 0.717) is 18.7 Å². The molecular weight excluding hydrogens is 254 g/mol. The number of nitrogens with zero attached hydrogens (tertiary/aromatic N) is 1. The molecule has 1 aromatic rings. The number of esters is 1. The molecule has 0 unspecified atom stereocenters. The molecule has 0 bridgehead atoms. The van der Waals surface area contributed by atoms with Gasteiger partial charge in [-0.15, -0.1) is 6.58 Å². The van der Waals surface area contributed by atoms with Crippen molar-refractivity contribution in [3.05, 3.63) is 48.0 Å². The van der Waals surface area contributed by atoms with Crippen LogP contribution >= 0.6 is 0 Å². The minimum absolute atomic E-state index is 0.0277. The van der Waals surface area contributed by atoms with Crippen LogP contribution in [0, 0.1) is 0 Å². The van der Waals surface area contributed by atoms with Crippen molar-refractivity contribution >= 4 is 11.9 Å². The van der Waals surface area contributed by atoms with Crippen LogP contribution < -0.4 is 0 Å². The van der Waals surface area contributed by atoms with Gasteiger partial charge < -0.3 is 9.64 Å². The molecule has 0 aliphatic heterocycles. The smallest absolute Gasteiger partial charge is 0.338 e. The predicted molar refractivity (Wildman–Crippen MR) is 78.3 cm³/mol. The average molecular weight is 275 g/mol. The van der Waals surface area contributed by atoms with Crippen LogP contribution in [0.5, 0.6) is 0 Å². The third kappa shape index (κ3) is 4.88. The molecule has 0 saturated carbocycles. The number of hydrogen-bond donors (Lipinski definition) is 0. The van der Waals surface area contributed by atoms with Gasteiger partial charge in [0.05, 0.1) is 11.7 Å². The van der Waals surface area contributed by atoms with Gasteiger partial charge in [-0.1, -0.05) is 18.2 Å². The zero-order valence-electron chi connectivity index (χ0n) is 12.3. The summed E-state index contributed by atoms with van der Waals surface area (Å²) in [5.41, 5.74) is 1.39. The minimum Gasteiger partial charge on any atom is -0.459 e. The molecule has 4 heteroatoms. The molecule has 1 rings (SSSR count). The Labute approximate surface area is 120 Å². The summed E-state index contributed by atoms with van der Waals surface area (Å²) >= 11 is 0. The number of amides is 1. The molecule has 108 valence electrons. The molecule has 0 fully saturated rings. The first kappa shape index (κ1) is 16.0. The first-order valence-electron chi connectivity index (χ1n) is 6.60. The molecular formula is C16H21NO3. The number of ether oxygens (including phenoxy) is 1. The highest BCUT2D eigenvalue weighted by molar-refractivity contribution is 5.89. The van der Waals surface area contributed by atoms with Crippen LogP contribution in [-0.4, -0.2) is 29.4 Å². The third-order valence-electron chi connectivity index (χ3n) is 2.67. The average Bonchev–Trinajstić information content (AvgIpc) is 2.37. The Morgan fingerprint density at radius 3 is 2.65 bits per heavy atom. The van der Waals surface area contributed by atoms with Crippen molar-refractivity contribution in [3.63, 3.8) is 0 Å². The SMILES string of the molecule is C=CCN(Cc1cccc(C(=O)OC(C)C)c1)C(C)=O. The van der Waals surface area contributed by atoms with Gasteiger partial charge in [-0.05, 0) is 31.5 Å². The largest absolute Gasteiger partial charge is 0.459 e. The molecule has 0 aromatic heterocycles. The van der Waals surface area contributed by atoms with Crippen LogP contribution in [0.15, 0.2) is 36.9 Å². The fourth-order valence-electron chi connectivity index (χ4n) is 1.76. The van der Waals surface area contributed by atoms with Gasteiger partial charge in [-0.3, -0.25) is 4.79 Å². The van der Waals surface area contributed by atoms with E-state index in [-0.39, 0.29) is 18.0 Å². The highest BCUT2D eigenvalue weighted by Crippen LogP contribution is 2.11. The Kier molecular flexibility index (Phi) is 5.97. The first-order valence-corrected chi connectivity index (χ1v) is 6.60. The van der Waals surface area contributed by atoms with Gasteiger partial charge >= 0.3 is 5.97 Å². The molecule has 4 nitrogen and oxygen atoms in total. The van der Waals surface area contributed by atoms with Crippen molar-refractivity contribution in [2.75, 3.05) is 6.54 Å². The Bertz CT molecular complexity index is 494. The van der Waals surface area contributed by atoms with Crippen molar-refractivity contribution in [1.82, 2.24) is 4.90 Å². The lowest BCUT2D eigenvalue weighted by Gasteiger charge is -2.19. The quantitative estimate of drug-likeness (QED) is 0.592. The normalized spacial score (nSPS) is 10.2. The summed E-state index contributed by atoms with van der Waals surface area (Å²) in [5.74, 6) is -0.375. The third-order valence-corrected chi connectivity index (χ3v) is 2.67. The summed E-state index contributed by atoms with van der Waals surface area (Å²) in [5, 5.41) is 0. The lowest BCUT2D eigenvalue weighted by Crippen LogP contribution is -2.28. The summed E-state index contributed by atoms with van der Waals surface area (Å²) in [6.07, 6.45) is 1.53. The maximum absolute atomic E-state index is 11.8. The zero-order chi connectivity index (χ0) is 15.1. The molecule has 0 N–H and O–H groups in total. The number of hydrogen-bond acceptors (Lipinski definition) is 3. The van der Waals surface area contributed by atoms with Crippen molar-refractivity contribution in [2.24, 2.45) is 0 Å². The van der Waals surface area contributed by atoms with Gasteiger partial charge in [0.1, 0.15) is 0 Å². The lowest BCUT2D eigenvalue weighted by atomic mass is 10.1. The Hall–Kier alpha value is -2.10. The van der Waals surface area contributed by atoms with E-state index in [1.807, 2.05) is 19.9 Å². The summed E-state index contributed by atoms with van der Waals surface area (Å²) in [7, 11) is 0. The van der Waals surface area contributed by atoms with E-state index in [1.54, 1.807) is 29.2 Å². The Morgan fingerprint density at radius 1 is 1.40 bits per heavy atom. The molecule has 0 heterocycles. The molecule has 0 saturated heterocycles. The molecule has 1 aromatic carbocycles. The second-order valence-electron chi connectivity index (χ2n) is 4.84. The molecule has 0 aliphatic rings. The lowest BCUT2D eigenvalue weighted by molar-refractivity contribution is -0.128. The standard InChI is InChI=1S/C16H21NO3/c1-5-9-17(13(4)18)11-14-7-6-8-15(10-14)16(19)20-12(2)3/h5-8,10,12H,1,9,11H2,2-4H3. The summed E-state index contributed by atoms with van der Waals surface area (Å²) < 4.78 is 5.16. The van der Waals surface area contributed by atoms with Crippen LogP contribution in [0.1, 0.15) is 36.7 Å². The fourth-order valence-corrected chi connectivity index (χ4v) is 1.76. The highest BCUT2D eigenvalue weighted by atomic mass is 16.5. The van der Waals surface area contributed by atoms with Crippen molar-refractivity contribution in [2.45, 2.75) is 33.4 Å². The van der Waals surface area contributed by atoms with Gasteiger partial charge in [0.25, 0.3) is 0 Å². The van der Waals surface area contributed by atoms with E-state index in [1.165, 1.54) is 6.92 Å². The van der Waals surface area contributed by atoms with Crippen LogP contribution in [0.4, 0.5) is 0 Å². The van der Waals surface area contributed by atoms with Crippen LogP contribution in [0.25, 0.3) is 0 Å². The van der Waals surface area contributed by atoms with Crippen LogP contribution in [-0.2, 0) is 16.1 Å². The van der Waals surface area contributed by atoms with Crippen LogP contribution in [0.3, 0.4) is 0 Å². The number of carbonyl (C=O) groups is 2. The summed E-state index contributed by atoms with van der Waals surface area (Å²) in [4.78, 5) is 25.0. The Morgan fingerprint density at radius 2 is 2.10 bits per heavy atom. The van der Waals surface area contributed by atoms with Gasteiger partial charge in [-0.2, -0.15) is 0 Å². The van der Waals surface area contributed by atoms with E-state index in [9.17, 15) is 9.59 Å². The second-order valence-corrected chi connectivity index (χ2v) is 4.84. The monoisotopic (exact) mass is 275 g/mol. The topological polar surface area (TPSA) is 46.6 Å². The second kappa shape index (κ2) is 7.48. The van der Waals surface area contributed by atoms with E-state index in [2.05, 4.69) is 6.58 Å². The van der Waals surface area contributed by atoms with E-state index >= 15 is 0 Å². The highest BCUT2D eigenvalue weighted by Gasteiger charge is 2.12. The summed E-state index contributed by atoms with van der Waals surface area (Å²) in [6.45, 7) is 9.70. The van der Waals surface area contributed by atoms with E-state index in [4.69, 9.17) is 4.74 Å². The van der Waals surface area contributed by atoms with Gasteiger partial charge in [0.15, 0.2) is 0 Å². The number of carbonyl (C=O) groups excluding carboxylic acids is 2. The number of rotatable bonds is 6. The van der Waals surface area contributed by atoms with Crippen molar-refractivity contribution in [1.29, 1.82) is 0 Å². The molecule has 0 atom stereocenters. The van der Waals surface area contributed by atoms with Gasteiger partial charge in [0, 0.05) is 20.0 Å². The number of benzene rings is 1. The van der Waals surface area contributed by atoms with Crippen molar-refractivity contribution in [3.8, 4) is 0 Å². The van der Waals surface area contributed by atoms with Crippen molar-refractivity contribution < 1.29 is 14.3 Å². The maximum Gasteiger partial charge on any atom is 0.338 e. The molecule has 0 radical (unpaired) electrons. The predicted octanol–water partition coefficient (Wildman–Crippen LogP) is 2.79. The maximum atomic E-state index is 11.8. The molecule has 0 aliphatic carbocycles. The summed E-state index contributed by atoms with van der Waals surface area (Å²) in [6, 6.07) is 7.13. The zero-order valence-corrected chi connectivity index (χ0v) is 12.3. The first-order chi connectivity index (χ1) is 9.43. The molecule has 20 heavy (non-hydrogen) atoms. The van der Waals surface area contributed by atoms with E-state index in [0.717, 1.165) is 5.56 Å². The Balaban J connectivity index is 2.84. The van der Waals surface area contributed by atoms with Gasteiger partial charge in [0.2, 0.25) is 5.91 Å². The van der Waals surface area contributed by atoms with E-state index < -0.39 is 0 Å². The van der Waals surface area contributed by atoms with Crippen LogP contribution in [0.2, 0.25) is 0 Å². The molecule has 0 spiro atoms. The van der Waals surface area contributed by atoms with Gasteiger partial charge in [-0.25, -0.2) is 4.79 Å².